The predicted octanol–water partition coefficient (Wildman–Crippen LogP) is 1.73. The summed E-state index contributed by atoms with van der Waals surface area (Å²) < 4.78 is 1.15. The molecule has 0 atom stereocenters. The zero-order chi connectivity index (χ0) is 11.8. The van der Waals surface area contributed by atoms with Gasteiger partial charge in [0, 0.05) is 15.8 Å². The van der Waals surface area contributed by atoms with Gasteiger partial charge in [-0.25, -0.2) is 0 Å². The van der Waals surface area contributed by atoms with Gasteiger partial charge in [0.15, 0.2) is 0 Å². The number of nitriles is 1. The summed E-state index contributed by atoms with van der Waals surface area (Å²) >= 11 is 2.22. The minimum Gasteiger partial charge on any atom is -0.376 e. The Kier molecular flexibility index (Phi) is 5.64. The Balaban J connectivity index is 2.26. The third kappa shape index (κ3) is 4.98. The van der Waals surface area contributed by atoms with E-state index in [2.05, 4.69) is 33.2 Å². The van der Waals surface area contributed by atoms with Crippen molar-refractivity contribution < 1.29 is 4.79 Å². The van der Waals surface area contributed by atoms with Crippen molar-refractivity contribution in [1.29, 1.82) is 5.26 Å². The fourth-order valence-electron chi connectivity index (χ4n) is 1.07. The van der Waals surface area contributed by atoms with Gasteiger partial charge < -0.3 is 10.6 Å². The number of benzene rings is 1. The van der Waals surface area contributed by atoms with E-state index < -0.39 is 0 Å². The summed E-state index contributed by atoms with van der Waals surface area (Å²) in [6.07, 6.45) is 0.343. The summed E-state index contributed by atoms with van der Waals surface area (Å²) in [5, 5.41) is 13.9. The first-order chi connectivity index (χ1) is 7.72. The molecule has 0 saturated carbocycles. The van der Waals surface area contributed by atoms with Crippen LogP contribution in [0.25, 0.3) is 0 Å². The van der Waals surface area contributed by atoms with Gasteiger partial charge in [-0.1, -0.05) is 0 Å². The van der Waals surface area contributed by atoms with Crippen LogP contribution >= 0.6 is 22.6 Å². The Labute approximate surface area is 108 Å². The largest absolute Gasteiger partial charge is 0.376 e. The minimum atomic E-state index is -0.103. The summed E-state index contributed by atoms with van der Waals surface area (Å²) in [6.45, 7) is 0.635. The SMILES string of the molecule is N#CCCNC(=O)CNc1ccc(I)cc1. The lowest BCUT2D eigenvalue weighted by Gasteiger charge is -2.06. The third-order valence-corrected chi connectivity index (χ3v) is 2.58. The molecule has 2 N–H and O–H groups in total. The maximum Gasteiger partial charge on any atom is 0.239 e. The van der Waals surface area contributed by atoms with Crippen LogP contribution in [0.1, 0.15) is 6.42 Å². The van der Waals surface area contributed by atoms with Crippen LogP contribution in [-0.2, 0) is 4.79 Å². The van der Waals surface area contributed by atoms with Gasteiger partial charge in [0.25, 0.3) is 0 Å². The van der Waals surface area contributed by atoms with Gasteiger partial charge >= 0.3 is 0 Å². The number of halogens is 1. The molecule has 1 amide bonds. The number of carbonyl (C=O) groups is 1. The fraction of sp³-hybridized carbons (Fsp3) is 0.273. The molecule has 0 aliphatic rings. The Hall–Kier alpha value is -1.29. The zero-order valence-electron chi connectivity index (χ0n) is 8.66. The van der Waals surface area contributed by atoms with Crippen LogP contribution in [0.4, 0.5) is 5.69 Å². The van der Waals surface area contributed by atoms with E-state index in [9.17, 15) is 4.79 Å². The van der Waals surface area contributed by atoms with Crippen molar-refractivity contribution >= 4 is 34.2 Å². The number of anilines is 1. The second-order valence-electron chi connectivity index (χ2n) is 3.12. The highest BCUT2D eigenvalue weighted by molar-refractivity contribution is 14.1. The molecule has 84 valence electrons. The van der Waals surface area contributed by atoms with Gasteiger partial charge in [0.2, 0.25) is 5.91 Å². The smallest absolute Gasteiger partial charge is 0.239 e. The number of rotatable bonds is 5. The summed E-state index contributed by atoms with van der Waals surface area (Å²) in [4.78, 5) is 11.3. The van der Waals surface area contributed by atoms with Gasteiger partial charge in [-0.05, 0) is 46.9 Å². The van der Waals surface area contributed by atoms with E-state index in [1.807, 2.05) is 30.3 Å². The van der Waals surface area contributed by atoms with Gasteiger partial charge in [0.05, 0.1) is 19.0 Å². The number of nitrogens with zero attached hydrogens (tertiary/aromatic N) is 1. The normalized spacial score (nSPS) is 9.25. The first-order valence-electron chi connectivity index (χ1n) is 4.85. The first-order valence-corrected chi connectivity index (χ1v) is 5.93. The first kappa shape index (κ1) is 12.8. The molecular weight excluding hydrogens is 317 g/mol. The molecule has 5 heteroatoms. The predicted molar refractivity (Wildman–Crippen MR) is 70.9 cm³/mol. The fourth-order valence-corrected chi connectivity index (χ4v) is 1.43. The van der Waals surface area contributed by atoms with Crippen LogP contribution < -0.4 is 10.6 Å². The van der Waals surface area contributed by atoms with Crippen molar-refractivity contribution in [3.63, 3.8) is 0 Å². The van der Waals surface area contributed by atoms with E-state index in [0.29, 0.717) is 13.0 Å². The molecular formula is C11H12IN3O. The van der Waals surface area contributed by atoms with E-state index in [4.69, 9.17) is 5.26 Å². The Morgan fingerprint density at radius 2 is 2.06 bits per heavy atom. The minimum absolute atomic E-state index is 0.103. The van der Waals surface area contributed by atoms with Crippen LogP contribution in [0, 0.1) is 14.9 Å². The molecule has 0 aliphatic carbocycles. The van der Waals surface area contributed by atoms with E-state index >= 15 is 0 Å². The second-order valence-corrected chi connectivity index (χ2v) is 4.36. The highest BCUT2D eigenvalue weighted by Gasteiger charge is 1.99. The van der Waals surface area contributed by atoms with Crippen molar-refractivity contribution in [2.24, 2.45) is 0 Å². The average molecular weight is 329 g/mol. The van der Waals surface area contributed by atoms with Crippen LogP contribution in [0.2, 0.25) is 0 Å². The average Bonchev–Trinajstić information content (AvgIpc) is 2.29. The van der Waals surface area contributed by atoms with Crippen molar-refractivity contribution in [2.45, 2.75) is 6.42 Å². The monoisotopic (exact) mass is 329 g/mol. The van der Waals surface area contributed by atoms with Crippen LogP contribution in [0.15, 0.2) is 24.3 Å². The van der Waals surface area contributed by atoms with Crippen molar-refractivity contribution in [2.75, 3.05) is 18.4 Å². The summed E-state index contributed by atoms with van der Waals surface area (Å²) in [6, 6.07) is 9.75. The number of hydrogen-bond acceptors (Lipinski definition) is 3. The van der Waals surface area contributed by atoms with Crippen LogP contribution in [0.3, 0.4) is 0 Å². The molecule has 0 aliphatic heterocycles. The quantitative estimate of drug-likeness (QED) is 0.639. The van der Waals surface area contributed by atoms with E-state index in [-0.39, 0.29) is 12.5 Å². The number of carbonyl (C=O) groups excluding carboxylic acids is 1. The molecule has 0 unspecified atom stereocenters. The van der Waals surface area contributed by atoms with Crippen LogP contribution in [0.5, 0.6) is 0 Å². The Morgan fingerprint density at radius 1 is 1.38 bits per heavy atom. The van der Waals surface area contributed by atoms with Crippen molar-refractivity contribution in [1.82, 2.24) is 5.32 Å². The molecule has 0 heterocycles. The molecule has 1 aromatic rings. The van der Waals surface area contributed by atoms with E-state index in [1.54, 1.807) is 0 Å². The zero-order valence-corrected chi connectivity index (χ0v) is 10.8. The molecule has 1 aromatic carbocycles. The lowest BCUT2D eigenvalue weighted by atomic mass is 10.3. The topological polar surface area (TPSA) is 64.9 Å². The molecule has 0 saturated heterocycles. The van der Waals surface area contributed by atoms with E-state index in [0.717, 1.165) is 9.26 Å². The summed E-state index contributed by atoms with van der Waals surface area (Å²) in [7, 11) is 0. The van der Waals surface area contributed by atoms with Gasteiger partial charge in [-0.2, -0.15) is 5.26 Å². The molecule has 0 aromatic heterocycles. The Morgan fingerprint density at radius 3 is 2.69 bits per heavy atom. The molecule has 0 spiro atoms. The van der Waals surface area contributed by atoms with Gasteiger partial charge in [-0.15, -0.1) is 0 Å². The van der Waals surface area contributed by atoms with E-state index in [1.165, 1.54) is 0 Å². The lowest BCUT2D eigenvalue weighted by Crippen LogP contribution is -2.30. The van der Waals surface area contributed by atoms with Gasteiger partial charge in [0.1, 0.15) is 0 Å². The second kappa shape index (κ2) is 7.06. The third-order valence-electron chi connectivity index (χ3n) is 1.86. The standard InChI is InChI=1S/C11H12IN3O/c12-9-2-4-10(5-3-9)15-8-11(16)14-7-1-6-13/h2-5,15H,1,7-8H2,(H,14,16). The highest BCUT2D eigenvalue weighted by Crippen LogP contribution is 2.10. The van der Waals surface area contributed by atoms with Crippen molar-refractivity contribution in [3.05, 3.63) is 27.8 Å². The van der Waals surface area contributed by atoms with Crippen LogP contribution in [-0.4, -0.2) is 19.0 Å². The molecule has 0 radical (unpaired) electrons. The summed E-state index contributed by atoms with van der Waals surface area (Å²) in [5.74, 6) is -0.103. The number of nitrogens with one attached hydrogen (secondary N) is 2. The van der Waals surface area contributed by atoms with Crippen molar-refractivity contribution in [3.8, 4) is 6.07 Å². The lowest BCUT2D eigenvalue weighted by molar-refractivity contribution is -0.119. The summed E-state index contributed by atoms with van der Waals surface area (Å²) in [5.41, 5.74) is 0.913. The molecule has 1 rings (SSSR count). The maximum atomic E-state index is 11.3. The highest BCUT2D eigenvalue weighted by atomic mass is 127. The van der Waals surface area contributed by atoms with Gasteiger partial charge in [-0.3, -0.25) is 4.79 Å². The molecule has 0 bridgehead atoms. The molecule has 0 fully saturated rings. The molecule has 16 heavy (non-hydrogen) atoms. The number of hydrogen-bond donors (Lipinski definition) is 2. The Bertz CT molecular complexity index is 383. The number of amides is 1. The maximum absolute atomic E-state index is 11.3. The molecule has 4 nitrogen and oxygen atoms in total.